The Balaban J connectivity index is 2.21. The molecule has 37 heavy (non-hydrogen) atoms. The molecule has 12 heteroatoms. The van der Waals surface area contributed by atoms with Crippen LogP contribution in [0.4, 0.5) is 13.2 Å². The van der Waals surface area contributed by atoms with E-state index < -0.39 is 17.5 Å². The van der Waals surface area contributed by atoms with Gasteiger partial charge in [0.2, 0.25) is 11.6 Å². The molecule has 2 rings (SSSR count). The van der Waals surface area contributed by atoms with E-state index in [2.05, 4.69) is 47.0 Å². The zero-order chi connectivity index (χ0) is 27.6. The van der Waals surface area contributed by atoms with Crippen LogP contribution in [0.25, 0.3) is 11.4 Å². The summed E-state index contributed by atoms with van der Waals surface area (Å²) in [6, 6.07) is 3.15. The van der Waals surface area contributed by atoms with Crippen LogP contribution in [0.15, 0.2) is 66.2 Å². The first kappa shape index (κ1) is 30.7. The lowest BCUT2D eigenvalue weighted by molar-refractivity contribution is -0.0913. The molecule has 0 spiro atoms. The lowest BCUT2D eigenvalue weighted by Crippen LogP contribution is -2.33. The minimum absolute atomic E-state index is 0.00232. The van der Waals surface area contributed by atoms with Gasteiger partial charge in [-0.15, -0.1) is 0 Å². The molecule has 0 aliphatic heterocycles. The summed E-state index contributed by atoms with van der Waals surface area (Å²) >= 11 is 6.46. The summed E-state index contributed by atoms with van der Waals surface area (Å²) in [5.74, 6) is -0.569. The second-order valence-corrected chi connectivity index (χ2v) is 9.66. The van der Waals surface area contributed by atoms with Crippen molar-refractivity contribution in [3.05, 3.63) is 62.5 Å². The lowest BCUT2D eigenvalue weighted by Gasteiger charge is -2.21. The average molecular weight is 648 g/mol. The fraction of sp³-hybridized carbons (Fsp3) is 0.360. The molecule has 1 aromatic heterocycles. The number of carbonyl (C=O) groups is 1. The number of benzene rings is 1. The Kier molecular flexibility index (Phi) is 11.9. The Morgan fingerprint density at radius 2 is 1.92 bits per heavy atom. The molecule has 0 aliphatic carbocycles. The van der Waals surface area contributed by atoms with Gasteiger partial charge in [0.05, 0.1) is 15.5 Å². The molecule has 1 N–H and O–H groups in total. The number of aromatic hydroxyl groups is 1. The SMILES string of the molecule is C/C=C(\C=C(/C)C(F)(F)F)CN(CCC=N/C=C\CC)CC(=O)c1nc(-c2cc(Br)c(O)c(Br)c2)no1. The Morgan fingerprint density at radius 1 is 1.24 bits per heavy atom. The number of alkyl halides is 3. The molecular weight excluding hydrogens is 621 g/mol. The highest BCUT2D eigenvalue weighted by Gasteiger charge is 2.30. The number of nitrogens with zero attached hydrogens (tertiary/aromatic N) is 4. The van der Waals surface area contributed by atoms with Crippen molar-refractivity contribution < 1.29 is 27.6 Å². The van der Waals surface area contributed by atoms with Crippen molar-refractivity contribution >= 4 is 43.9 Å². The van der Waals surface area contributed by atoms with E-state index in [0.717, 1.165) is 19.4 Å². The topological polar surface area (TPSA) is 91.8 Å². The normalized spacial score (nSPS) is 13.4. The highest BCUT2D eigenvalue weighted by Crippen LogP contribution is 2.36. The number of ketones is 1. The van der Waals surface area contributed by atoms with Gasteiger partial charge >= 0.3 is 6.18 Å². The van der Waals surface area contributed by atoms with Gasteiger partial charge in [-0.05, 0) is 76.3 Å². The van der Waals surface area contributed by atoms with Crippen LogP contribution in [0, 0.1) is 0 Å². The number of carbonyl (C=O) groups excluding carboxylic acids is 1. The van der Waals surface area contributed by atoms with Crippen LogP contribution in [0.1, 0.15) is 44.3 Å². The minimum atomic E-state index is -4.44. The van der Waals surface area contributed by atoms with Gasteiger partial charge in [0, 0.05) is 36.6 Å². The summed E-state index contributed by atoms with van der Waals surface area (Å²) in [5, 5.41) is 13.7. The number of aromatic nitrogens is 2. The predicted molar refractivity (Wildman–Crippen MR) is 144 cm³/mol. The first-order valence-electron chi connectivity index (χ1n) is 11.3. The predicted octanol–water partition coefficient (Wildman–Crippen LogP) is 7.29. The van der Waals surface area contributed by atoms with Crippen LogP contribution in [0.3, 0.4) is 0 Å². The molecule has 7 nitrogen and oxygen atoms in total. The number of rotatable bonds is 12. The molecule has 1 heterocycles. The van der Waals surface area contributed by atoms with Crippen molar-refractivity contribution in [2.45, 2.75) is 39.8 Å². The first-order chi connectivity index (χ1) is 17.5. The molecule has 0 bridgehead atoms. The van der Waals surface area contributed by atoms with E-state index in [1.807, 2.05) is 13.0 Å². The van der Waals surface area contributed by atoms with E-state index in [1.165, 1.54) is 0 Å². The maximum absolute atomic E-state index is 13.0. The van der Waals surface area contributed by atoms with E-state index in [-0.39, 0.29) is 30.6 Å². The van der Waals surface area contributed by atoms with Gasteiger partial charge in [-0.25, -0.2) is 0 Å². The van der Waals surface area contributed by atoms with Gasteiger partial charge in [0.15, 0.2) is 0 Å². The third-order valence-electron chi connectivity index (χ3n) is 5.04. The molecule has 0 radical (unpaired) electrons. The molecule has 0 unspecified atom stereocenters. The maximum Gasteiger partial charge on any atom is 0.412 e. The Labute approximate surface area is 230 Å². The van der Waals surface area contributed by atoms with Crippen LogP contribution < -0.4 is 0 Å². The highest BCUT2D eigenvalue weighted by atomic mass is 79.9. The number of aliphatic imine (C=N–C) groups is 1. The van der Waals surface area contributed by atoms with E-state index in [9.17, 15) is 23.1 Å². The largest absolute Gasteiger partial charge is 0.506 e. The van der Waals surface area contributed by atoms with E-state index in [0.29, 0.717) is 33.0 Å². The third kappa shape index (κ3) is 9.67. The van der Waals surface area contributed by atoms with Crippen LogP contribution >= 0.6 is 31.9 Å². The molecule has 0 saturated heterocycles. The molecule has 0 aliphatic rings. The quantitative estimate of drug-likeness (QED) is 0.148. The Hall–Kier alpha value is -2.57. The van der Waals surface area contributed by atoms with Crippen molar-refractivity contribution in [1.29, 1.82) is 0 Å². The number of hydrogen-bond donors (Lipinski definition) is 1. The first-order valence-corrected chi connectivity index (χ1v) is 12.9. The van der Waals surface area contributed by atoms with Gasteiger partial charge in [0.1, 0.15) is 5.75 Å². The number of phenols is 1. The summed E-state index contributed by atoms with van der Waals surface area (Å²) in [4.78, 5) is 23.0. The van der Waals surface area contributed by atoms with Crippen LogP contribution in [-0.4, -0.2) is 58.0 Å². The second kappa shape index (κ2) is 14.4. The van der Waals surface area contributed by atoms with Crippen LogP contribution in [0.2, 0.25) is 0 Å². The van der Waals surface area contributed by atoms with E-state index in [1.54, 1.807) is 42.4 Å². The molecule has 1 aromatic carbocycles. The van der Waals surface area contributed by atoms with Crippen molar-refractivity contribution in [2.24, 2.45) is 4.99 Å². The number of Topliss-reactive ketones (excluding diaryl/α,β-unsaturated/α-hetero) is 1. The molecule has 2 aromatic rings. The van der Waals surface area contributed by atoms with Gasteiger partial charge in [-0.2, -0.15) is 18.2 Å². The molecule has 0 amide bonds. The van der Waals surface area contributed by atoms with Crippen LogP contribution in [0.5, 0.6) is 5.75 Å². The maximum atomic E-state index is 13.0. The monoisotopic (exact) mass is 646 g/mol. The summed E-state index contributed by atoms with van der Waals surface area (Å²) in [6.07, 6.45) is 4.77. The minimum Gasteiger partial charge on any atom is -0.506 e. The average Bonchev–Trinajstić information content (AvgIpc) is 3.33. The van der Waals surface area contributed by atoms with Gasteiger partial charge in [0.25, 0.3) is 5.89 Å². The Morgan fingerprint density at radius 3 is 2.51 bits per heavy atom. The van der Waals surface area contributed by atoms with E-state index in [4.69, 9.17) is 4.52 Å². The fourth-order valence-electron chi connectivity index (χ4n) is 3.01. The van der Waals surface area contributed by atoms with Gasteiger partial charge in [-0.3, -0.25) is 14.7 Å². The van der Waals surface area contributed by atoms with Gasteiger partial charge in [-0.1, -0.05) is 30.3 Å². The smallest absolute Gasteiger partial charge is 0.412 e. The van der Waals surface area contributed by atoms with E-state index >= 15 is 0 Å². The van der Waals surface area contributed by atoms with Crippen LogP contribution in [-0.2, 0) is 0 Å². The second-order valence-electron chi connectivity index (χ2n) is 7.95. The molecular formula is C25H27Br2F3N4O3. The van der Waals surface area contributed by atoms with Crippen molar-refractivity contribution in [2.75, 3.05) is 19.6 Å². The number of phenolic OH excluding ortho intramolecular Hbond substituents is 1. The van der Waals surface area contributed by atoms with Crippen molar-refractivity contribution in [3.63, 3.8) is 0 Å². The summed E-state index contributed by atoms with van der Waals surface area (Å²) in [6.45, 7) is 4.95. The summed E-state index contributed by atoms with van der Waals surface area (Å²) < 4.78 is 45.1. The summed E-state index contributed by atoms with van der Waals surface area (Å²) in [5.41, 5.74) is 0.179. The molecule has 0 atom stereocenters. The van der Waals surface area contributed by atoms with Crippen molar-refractivity contribution in [3.8, 4) is 17.1 Å². The number of hydrogen-bond acceptors (Lipinski definition) is 7. The highest BCUT2D eigenvalue weighted by molar-refractivity contribution is 9.11. The lowest BCUT2D eigenvalue weighted by atomic mass is 10.1. The molecule has 200 valence electrons. The molecule has 0 fully saturated rings. The zero-order valence-corrected chi connectivity index (χ0v) is 23.7. The van der Waals surface area contributed by atoms with Gasteiger partial charge < -0.3 is 9.63 Å². The number of halogens is 5. The summed E-state index contributed by atoms with van der Waals surface area (Å²) in [7, 11) is 0. The third-order valence-corrected chi connectivity index (χ3v) is 6.25. The van der Waals surface area contributed by atoms with Crippen molar-refractivity contribution in [1.82, 2.24) is 15.0 Å². The fourth-order valence-corrected chi connectivity index (χ4v) is 4.20. The standard InChI is InChI=1S/C25H27Br2F3N4O3/c1-4-6-8-31-9-7-10-34(14-17(5-2)11-16(3)25(28,29)30)15-21(35)24-32-23(33-37-24)18-12-19(26)22(36)20(27)13-18/h5-6,8-9,11-13,36H,4,7,10,14-15H2,1-3H3/b8-6-,16-11+,17-5+,31-9?. The zero-order valence-electron chi connectivity index (χ0n) is 20.5. The molecule has 0 saturated carbocycles. The Bertz CT molecular complexity index is 1180. The number of allylic oxidation sites excluding steroid dienone is 3.